The molecule has 1 heterocycles. The van der Waals surface area contributed by atoms with Gasteiger partial charge in [-0.2, -0.15) is 0 Å². The summed E-state index contributed by atoms with van der Waals surface area (Å²) in [6.45, 7) is 7.96. The maximum atomic E-state index is 13.2. The molecule has 3 rings (SSSR count). The van der Waals surface area contributed by atoms with Gasteiger partial charge in [0.25, 0.3) is 11.8 Å². The van der Waals surface area contributed by atoms with Crippen LogP contribution in [0.3, 0.4) is 0 Å². The second-order valence-corrected chi connectivity index (χ2v) is 7.39. The Morgan fingerprint density at radius 3 is 2.27 bits per heavy atom. The number of esters is 1. The third-order valence-corrected chi connectivity index (χ3v) is 4.59. The summed E-state index contributed by atoms with van der Waals surface area (Å²) in [4.78, 5) is 39.5. The molecule has 2 aromatic rings. The number of anilines is 1. The molecule has 0 spiro atoms. The third-order valence-electron chi connectivity index (χ3n) is 4.59. The molecule has 0 fully saturated rings. The highest BCUT2D eigenvalue weighted by Gasteiger charge is 2.42. The van der Waals surface area contributed by atoms with Crippen molar-refractivity contribution in [2.24, 2.45) is 0 Å². The van der Waals surface area contributed by atoms with Gasteiger partial charge in [0.2, 0.25) is 0 Å². The predicted octanol–water partition coefficient (Wildman–Crippen LogP) is 3.88. The Hall–Kier alpha value is -2.95. The summed E-state index contributed by atoms with van der Waals surface area (Å²) in [5.41, 5.74) is 2.48. The second kappa shape index (κ2) is 6.09. The van der Waals surface area contributed by atoms with E-state index in [1.54, 1.807) is 12.1 Å². The number of benzene rings is 2. The number of imide groups is 1. The summed E-state index contributed by atoms with van der Waals surface area (Å²) in [5, 5.41) is 0. The number of amides is 2. The van der Waals surface area contributed by atoms with Crippen molar-refractivity contribution < 1.29 is 19.1 Å². The van der Waals surface area contributed by atoms with Gasteiger partial charge >= 0.3 is 5.97 Å². The number of hydrogen-bond donors (Lipinski definition) is 0. The summed E-state index contributed by atoms with van der Waals surface area (Å²) in [6.07, 6.45) is 0. The van der Waals surface area contributed by atoms with Gasteiger partial charge in [-0.1, -0.05) is 45.0 Å². The molecule has 1 aliphatic rings. The van der Waals surface area contributed by atoms with E-state index >= 15 is 0 Å². The van der Waals surface area contributed by atoms with Crippen molar-refractivity contribution in [1.29, 1.82) is 0 Å². The zero-order valence-corrected chi connectivity index (χ0v) is 15.5. The number of para-hydroxylation sites is 1. The average molecular weight is 351 g/mol. The van der Waals surface area contributed by atoms with Crippen molar-refractivity contribution in [3.05, 3.63) is 64.2 Å². The Labute approximate surface area is 152 Å². The first-order chi connectivity index (χ1) is 12.2. The summed E-state index contributed by atoms with van der Waals surface area (Å²) < 4.78 is 4.77. The van der Waals surface area contributed by atoms with Gasteiger partial charge in [0.05, 0.1) is 29.5 Å². The minimum absolute atomic E-state index is 0.104. The Balaban J connectivity index is 2.24. The molecular formula is C21H21NO4. The molecule has 0 radical (unpaired) electrons. The van der Waals surface area contributed by atoms with Crippen LogP contribution in [-0.4, -0.2) is 24.9 Å². The van der Waals surface area contributed by atoms with Crippen molar-refractivity contribution in [3.8, 4) is 0 Å². The van der Waals surface area contributed by atoms with E-state index in [4.69, 9.17) is 4.74 Å². The van der Waals surface area contributed by atoms with Crippen LogP contribution < -0.4 is 4.90 Å². The molecule has 0 aromatic heterocycles. The minimum atomic E-state index is -0.634. The molecule has 0 N–H and O–H groups in total. The van der Waals surface area contributed by atoms with Gasteiger partial charge in [0.15, 0.2) is 0 Å². The van der Waals surface area contributed by atoms with Crippen LogP contribution in [-0.2, 0) is 10.2 Å². The number of carbonyl (C=O) groups excluding carboxylic acids is 3. The highest BCUT2D eigenvalue weighted by atomic mass is 16.5. The number of rotatable bonds is 2. The Morgan fingerprint density at radius 1 is 1.00 bits per heavy atom. The maximum absolute atomic E-state index is 13.2. The van der Waals surface area contributed by atoms with Crippen LogP contribution in [0.15, 0.2) is 36.4 Å². The minimum Gasteiger partial charge on any atom is -0.465 e. The molecule has 0 unspecified atom stereocenters. The van der Waals surface area contributed by atoms with Crippen molar-refractivity contribution in [3.63, 3.8) is 0 Å². The SMILES string of the molecule is COC(=O)c1cccc2c1C(=O)N(c1c(C)cccc1C(C)(C)C)C2=O. The Morgan fingerprint density at radius 2 is 1.65 bits per heavy atom. The van der Waals surface area contributed by atoms with E-state index in [9.17, 15) is 14.4 Å². The van der Waals surface area contributed by atoms with Crippen LogP contribution in [0, 0.1) is 6.92 Å². The molecule has 5 heteroatoms. The van der Waals surface area contributed by atoms with Crippen molar-refractivity contribution >= 4 is 23.5 Å². The van der Waals surface area contributed by atoms with Crippen LogP contribution in [0.4, 0.5) is 5.69 Å². The number of carbonyl (C=O) groups is 3. The maximum Gasteiger partial charge on any atom is 0.338 e. The van der Waals surface area contributed by atoms with Crippen LogP contribution in [0.1, 0.15) is 63.0 Å². The number of fused-ring (bicyclic) bond motifs is 1. The van der Waals surface area contributed by atoms with Gasteiger partial charge < -0.3 is 4.74 Å². The first-order valence-corrected chi connectivity index (χ1v) is 8.38. The zero-order chi connectivity index (χ0) is 19.2. The third kappa shape index (κ3) is 2.60. The standard InChI is InChI=1S/C21H21NO4/c1-12-8-6-11-15(21(2,3)4)17(12)22-18(23)13-9-7-10-14(20(25)26-5)16(13)19(22)24/h6-11H,1-5H3. The van der Waals surface area contributed by atoms with Gasteiger partial charge in [0, 0.05) is 0 Å². The van der Waals surface area contributed by atoms with Gasteiger partial charge in [-0.05, 0) is 35.6 Å². The topological polar surface area (TPSA) is 63.7 Å². The predicted molar refractivity (Wildman–Crippen MR) is 98.8 cm³/mol. The largest absolute Gasteiger partial charge is 0.465 e. The molecule has 0 aliphatic carbocycles. The number of aryl methyl sites for hydroxylation is 1. The first kappa shape index (κ1) is 17.9. The van der Waals surface area contributed by atoms with Gasteiger partial charge in [0.1, 0.15) is 0 Å². The normalized spacial score (nSPS) is 13.8. The fourth-order valence-electron chi connectivity index (χ4n) is 3.33. The lowest BCUT2D eigenvalue weighted by Crippen LogP contribution is -2.33. The molecule has 5 nitrogen and oxygen atoms in total. The molecule has 0 saturated heterocycles. The van der Waals surface area contributed by atoms with E-state index in [0.29, 0.717) is 5.69 Å². The Kier molecular flexibility index (Phi) is 4.18. The van der Waals surface area contributed by atoms with Crippen molar-refractivity contribution in [1.82, 2.24) is 0 Å². The molecule has 0 saturated carbocycles. The summed E-state index contributed by atoms with van der Waals surface area (Å²) in [7, 11) is 1.25. The second-order valence-electron chi connectivity index (χ2n) is 7.39. The highest BCUT2D eigenvalue weighted by Crippen LogP contribution is 2.39. The molecule has 2 aromatic carbocycles. The van der Waals surface area contributed by atoms with E-state index in [1.807, 2.05) is 45.9 Å². The Bertz CT molecular complexity index is 938. The number of hydrogen-bond acceptors (Lipinski definition) is 4. The first-order valence-electron chi connectivity index (χ1n) is 8.38. The monoisotopic (exact) mass is 351 g/mol. The zero-order valence-electron chi connectivity index (χ0n) is 15.5. The molecule has 0 bridgehead atoms. The molecule has 0 atom stereocenters. The van der Waals surface area contributed by atoms with Gasteiger partial charge in [-0.25, -0.2) is 9.69 Å². The van der Waals surface area contributed by atoms with E-state index < -0.39 is 17.8 Å². The van der Waals surface area contributed by atoms with Crippen LogP contribution in [0.5, 0.6) is 0 Å². The van der Waals surface area contributed by atoms with Crippen molar-refractivity contribution in [2.45, 2.75) is 33.1 Å². The number of nitrogens with zero attached hydrogens (tertiary/aromatic N) is 1. The molecule has 2 amide bonds. The molecule has 1 aliphatic heterocycles. The van der Waals surface area contributed by atoms with E-state index in [2.05, 4.69) is 0 Å². The summed E-state index contributed by atoms with van der Waals surface area (Å²) in [5.74, 6) is -1.55. The van der Waals surface area contributed by atoms with Gasteiger partial charge in [-0.3, -0.25) is 9.59 Å². The quantitative estimate of drug-likeness (QED) is 0.608. The lowest BCUT2D eigenvalue weighted by molar-refractivity contribution is 0.0597. The summed E-state index contributed by atoms with van der Waals surface area (Å²) >= 11 is 0. The van der Waals surface area contributed by atoms with E-state index in [-0.39, 0.29) is 22.1 Å². The smallest absolute Gasteiger partial charge is 0.338 e. The van der Waals surface area contributed by atoms with Crippen LogP contribution in [0.2, 0.25) is 0 Å². The lowest BCUT2D eigenvalue weighted by atomic mass is 9.84. The fourth-order valence-corrected chi connectivity index (χ4v) is 3.33. The molecule has 26 heavy (non-hydrogen) atoms. The fraction of sp³-hybridized carbons (Fsp3) is 0.286. The van der Waals surface area contributed by atoms with E-state index in [1.165, 1.54) is 18.1 Å². The highest BCUT2D eigenvalue weighted by molar-refractivity contribution is 6.36. The molecular weight excluding hydrogens is 330 g/mol. The lowest BCUT2D eigenvalue weighted by Gasteiger charge is -2.28. The average Bonchev–Trinajstić information content (AvgIpc) is 2.84. The van der Waals surface area contributed by atoms with Crippen LogP contribution in [0.25, 0.3) is 0 Å². The van der Waals surface area contributed by atoms with E-state index in [0.717, 1.165) is 11.1 Å². The van der Waals surface area contributed by atoms with Gasteiger partial charge in [-0.15, -0.1) is 0 Å². The molecule has 134 valence electrons. The number of methoxy groups -OCH3 is 1. The summed E-state index contributed by atoms with van der Waals surface area (Å²) in [6, 6.07) is 10.4. The number of ether oxygens (including phenoxy) is 1. The van der Waals surface area contributed by atoms with Crippen molar-refractivity contribution in [2.75, 3.05) is 12.0 Å². The van der Waals surface area contributed by atoms with Crippen LogP contribution >= 0.6 is 0 Å².